The van der Waals surface area contributed by atoms with E-state index in [-0.39, 0.29) is 5.41 Å². The first-order valence-electron chi connectivity index (χ1n) is 8.02. The molecule has 1 aromatic carbocycles. The van der Waals surface area contributed by atoms with Gasteiger partial charge in [0.15, 0.2) is 0 Å². The van der Waals surface area contributed by atoms with E-state index in [0.29, 0.717) is 6.04 Å². The molecule has 1 aromatic rings. The van der Waals surface area contributed by atoms with E-state index in [4.69, 9.17) is 0 Å². The third-order valence-electron chi connectivity index (χ3n) is 4.70. The fourth-order valence-electron chi connectivity index (χ4n) is 3.70. The molecule has 0 radical (unpaired) electrons. The second-order valence-electron chi connectivity index (χ2n) is 5.82. The molecule has 0 amide bonds. The summed E-state index contributed by atoms with van der Waals surface area (Å²) in [6.07, 6.45) is 7.61. The molecule has 20 heavy (non-hydrogen) atoms. The molecule has 0 spiro atoms. The molecule has 0 aromatic heterocycles. The molecule has 1 heteroatoms. The Morgan fingerprint density at radius 2 is 1.85 bits per heavy atom. The first kappa shape index (κ1) is 15.1. The van der Waals surface area contributed by atoms with Crippen molar-refractivity contribution in [1.29, 1.82) is 0 Å². The summed E-state index contributed by atoms with van der Waals surface area (Å²) < 4.78 is 0. The van der Waals surface area contributed by atoms with E-state index >= 15 is 0 Å². The van der Waals surface area contributed by atoms with Crippen LogP contribution in [0.1, 0.15) is 57.9 Å². The molecule has 1 atom stereocenters. The number of hydrogen-bond acceptors (Lipinski definition) is 1. The van der Waals surface area contributed by atoms with Crippen molar-refractivity contribution in [2.24, 2.45) is 0 Å². The molecule has 1 aliphatic rings. The summed E-state index contributed by atoms with van der Waals surface area (Å²) in [5.41, 5.74) is 1.78. The van der Waals surface area contributed by atoms with Gasteiger partial charge in [-0.3, -0.25) is 0 Å². The topological polar surface area (TPSA) is 12.0 Å². The smallest absolute Gasteiger partial charge is 0.0273 e. The van der Waals surface area contributed by atoms with Crippen LogP contribution in [0.5, 0.6) is 0 Å². The van der Waals surface area contributed by atoms with Crippen LogP contribution in [-0.2, 0) is 5.41 Å². The summed E-state index contributed by atoms with van der Waals surface area (Å²) in [5, 5.41) is 3.72. The Morgan fingerprint density at radius 1 is 1.15 bits per heavy atom. The van der Waals surface area contributed by atoms with Crippen molar-refractivity contribution in [2.75, 3.05) is 6.54 Å². The van der Waals surface area contributed by atoms with E-state index in [1.165, 1.54) is 37.7 Å². The van der Waals surface area contributed by atoms with Crippen LogP contribution in [0.3, 0.4) is 0 Å². The summed E-state index contributed by atoms with van der Waals surface area (Å²) in [6.45, 7) is 5.16. The highest BCUT2D eigenvalue weighted by Gasteiger charge is 2.40. The molecule has 1 unspecified atom stereocenters. The van der Waals surface area contributed by atoms with Crippen LogP contribution in [0.25, 0.3) is 0 Å². The summed E-state index contributed by atoms with van der Waals surface area (Å²) in [7, 11) is 0. The van der Waals surface area contributed by atoms with Crippen LogP contribution < -0.4 is 5.32 Å². The zero-order chi connectivity index (χ0) is 14.3. The Bertz CT molecular complexity index is 446. The van der Waals surface area contributed by atoms with Gasteiger partial charge < -0.3 is 5.32 Å². The highest BCUT2D eigenvalue weighted by Crippen LogP contribution is 2.43. The van der Waals surface area contributed by atoms with Crippen LogP contribution in [-0.4, -0.2) is 12.6 Å². The predicted octanol–water partition coefficient (Wildman–Crippen LogP) is 4.28. The third-order valence-corrected chi connectivity index (χ3v) is 4.70. The van der Waals surface area contributed by atoms with Gasteiger partial charge >= 0.3 is 0 Å². The monoisotopic (exact) mass is 269 g/mol. The van der Waals surface area contributed by atoms with Crippen molar-refractivity contribution in [3.05, 3.63) is 35.9 Å². The van der Waals surface area contributed by atoms with E-state index in [0.717, 1.165) is 13.0 Å². The molecular formula is C19H27N. The zero-order valence-corrected chi connectivity index (χ0v) is 12.9. The van der Waals surface area contributed by atoms with Gasteiger partial charge in [0.2, 0.25) is 0 Å². The largest absolute Gasteiger partial charge is 0.312 e. The second-order valence-corrected chi connectivity index (χ2v) is 5.82. The zero-order valence-electron chi connectivity index (χ0n) is 12.9. The summed E-state index contributed by atoms with van der Waals surface area (Å²) in [5.74, 6) is 6.39. The Kier molecular flexibility index (Phi) is 5.68. The molecule has 1 saturated carbocycles. The number of benzene rings is 1. The highest BCUT2D eigenvalue weighted by atomic mass is 14.9. The van der Waals surface area contributed by atoms with Crippen molar-refractivity contribution >= 4 is 0 Å². The Labute approximate surface area is 124 Å². The van der Waals surface area contributed by atoms with Gasteiger partial charge in [0.25, 0.3) is 0 Å². The van der Waals surface area contributed by atoms with Crippen molar-refractivity contribution in [3.8, 4) is 11.8 Å². The Balaban J connectivity index is 2.35. The molecule has 2 rings (SSSR count). The molecule has 108 valence electrons. The number of nitrogens with one attached hydrogen (secondary N) is 1. The quantitative estimate of drug-likeness (QED) is 0.787. The molecule has 1 N–H and O–H groups in total. The van der Waals surface area contributed by atoms with Crippen LogP contribution >= 0.6 is 0 Å². The maximum atomic E-state index is 3.72. The highest BCUT2D eigenvalue weighted by molar-refractivity contribution is 5.29. The van der Waals surface area contributed by atoms with Gasteiger partial charge in [0.05, 0.1) is 0 Å². The predicted molar refractivity (Wildman–Crippen MR) is 86.7 cm³/mol. The minimum atomic E-state index is 0.277. The van der Waals surface area contributed by atoms with Gasteiger partial charge in [-0.2, -0.15) is 0 Å². The minimum Gasteiger partial charge on any atom is -0.312 e. The van der Waals surface area contributed by atoms with Gasteiger partial charge in [-0.15, -0.1) is 11.8 Å². The fraction of sp³-hybridized carbons (Fsp3) is 0.579. The van der Waals surface area contributed by atoms with Gasteiger partial charge in [-0.1, -0.05) is 56.5 Å². The first-order valence-corrected chi connectivity index (χ1v) is 8.02. The van der Waals surface area contributed by atoms with E-state index in [9.17, 15) is 0 Å². The van der Waals surface area contributed by atoms with Crippen LogP contribution in [0.4, 0.5) is 0 Å². The van der Waals surface area contributed by atoms with Crippen molar-refractivity contribution < 1.29 is 0 Å². The standard InChI is InChI=1S/C19H27N/c1-3-5-14-18(20-4-2)19(15-10-7-11-16-19)17-12-8-6-9-13-17/h6,8-9,12-13,18,20H,4,7,10-11,14-16H2,1-2H3. The molecule has 1 nitrogen and oxygen atoms in total. The van der Waals surface area contributed by atoms with Gasteiger partial charge in [-0.25, -0.2) is 0 Å². The van der Waals surface area contributed by atoms with Crippen molar-refractivity contribution in [3.63, 3.8) is 0 Å². The minimum absolute atomic E-state index is 0.277. The van der Waals surface area contributed by atoms with Gasteiger partial charge in [0.1, 0.15) is 0 Å². The van der Waals surface area contributed by atoms with Crippen LogP contribution in [0, 0.1) is 11.8 Å². The maximum absolute atomic E-state index is 3.72. The molecule has 0 aliphatic heterocycles. The van der Waals surface area contributed by atoms with E-state index < -0.39 is 0 Å². The van der Waals surface area contributed by atoms with Crippen LogP contribution in [0.2, 0.25) is 0 Å². The molecule has 0 bridgehead atoms. The lowest BCUT2D eigenvalue weighted by Gasteiger charge is -2.44. The van der Waals surface area contributed by atoms with Gasteiger partial charge in [-0.05, 0) is 31.9 Å². The second kappa shape index (κ2) is 7.50. The van der Waals surface area contributed by atoms with E-state index in [2.05, 4.69) is 54.4 Å². The van der Waals surface area contributed by atoms with E-state index in [1.54, 1.807) is 0 Å². The van der Waals surface area contributed by atoms with E-state index in [1.807, 2.05) is 6.92 Å². The van der Waals surface area contributed by atoms with Gasteiger partial charge in [0, 0.05) is 17.9 Å². The average Bonchev–Trinajstić information content (AvgIpc) is 2.53. The number of likely N-dealkylation sites (N-methyl/N-ethyl adjacent to an activating group) is 1. The number of hydrogen-bond donors (Lipinski definition) is 1. The third kappa shape index (κ3) is 3.25. The fourth-order valence-corrected chi connectivity index (χ4v) is 3.70. The molecular weight excluding hydrogens is 242 g/mol. The SMILES string of the molecule is CC#CCC(NCC)C1(c2ccccc2)CCCCC1. The average molecular weight is 269 g/mol. The summed E-state index contributed by atoms with van der Waals surface area (Å²) >= 11 is 0. The summed E-state index contributed by atoms with van der Waals surface area (Å²) in [4.78, 5) is 0. The lowest BCUT2D eigenvalue weighted by Crippen LogP contribution is -2.49. The molecule has 1 fully saturated rings. The molecule has 0 heterocycles. The Hall–Kier alpha value is -1.26. The summed E-state index contributed by atoms with van der Waals surface area (Å²) in [6, 6.07) is 11.6. The van der Waals surface area contributed by atoms with Crippen molar-refractivity contribution in [2.45, 2.75) is 63.8 Å². The lowest BCUT2D eigenvalue weighted by atomic mass is 9.64. The molecule has 0 saturated heterocycles. The normalized spacial score (nSPS) is 18.9. The molecule has 1 aliphatic carbocycles. The van der Waals surface area contributed by atoms with Crippen LogP contribution in [0.15, 0.2) is 30.3 Å². The maximum Gasteiger partial charge on any atom is 0.0273 e. The Morgan fingerprint density at radius 3 is 2.45 bits per heavy atom. The first-order chi connectivity index (χ1) is 9.83. The lowest BCUT2D eigenvalue weighted by molar-refractivity contribution is 0.216. The van der Waals surface area contributed by atoms with Crippen molar-refractivity contribution in [1.82, 2.24) is 5.32 Å². The number of rotatable bonds is 5.